The SMILES string of the molecule is C=C(C)Cn1c(=O)c2c(nc3n2CC(C)=NN3Cc2ccc(C)cc2)n(C)c1=O. The maximum absolute atomic E-state index is 13.2. The number of fused-ring (bicyclic) bond motifs is 3. The summed E-state index contributed by atoms with van der Waals surface area (Å²) in [7, 11) is 1.63. The van der Waals surface area contributed by atoms with E-state index >= 15 is 0 Å². The van der Waals surface area contributed by atoms with Gasteiger partial charge in [-0.25, -0.2) is 9.80 Å². The zero-order chi connectivity index (χ0) is 20.9. The van der Waals surface area contributed by atoms with Crippen molar-refractivity contribution in [2.75, 3.05) is 5.01 Å². The van der Waals surface area contributed by atoms with Gasteiger partial charge in [-0.05, 0) is 26.3 Å². The van der Waals surface area contributed by atoms with Gasteiger partial charge in [-0.2, -0.15) is 10.1 Å². The van der Waals surface area contributed by atoms with E-state index in [1.165, 1.54) is 14.7 Å². The van der Waals surface area contributed by atoms with E-state index in [2.05, 4.69) is 40.9 Å². The fraction of sp³-hybridized carbons (Fsp3) is 0.333. The minimum absolute atomic E-state index is 0.183. The predicted molar refractivity (Wildman–Crippen MR) is 115 cm³/mol. The van der Waals surface area contributed by atoms with Crippen molar-refractivity contribution in [1.29, 1.82) is 0 Å². The average molecular weight is 392 g/mol. The molecular formula is C21H24N6O2. The maximum atomic E-state index is 13.2. The van der Waals surface area contributed by atoms with Gasteiger partial charge in [0.15, 0.2) is 11.2 Å². The Morgan fingerprint density at radius 3 is 2.52 bits per heavy atom. The van der Waals surface area contributed by atoms with Crippen LogP contribution in [-0.4, -0.2) is 24.4 Å². The summed E-state index contributed by atoms with van der Waals surface area (Å²) in [4.78, 5) is 30.5. The monoisotopic (exact) mass is 392 g/mol. The Morgan fingerprint density at radius 2 is 1.86 bits per heavy atom. The van der Waals surface area contributed by atoms with Crippen LogP contribution in [0.25, 0.3) is 11.2 Å². The van der Waals surface area contributed by atoms with Crippen molar-refractivity contribution in [1.82, 2.24) is 18.7 Å². The first kappa shape index (κ1) is 18.9. The number of benzene rings is 1. The first-order chi connectivity index (χ1) is 13.8. The second-order valence-electron chi connectivity index (χ2n) is 7.74. The molecule has 2 aromatic heterocycles. The molecule has 1 aliphatic heterocycles. The molecule has 8 nitrogen and oxygen atoms in total. The molecular weight excluding hydrogens is 368 g/mol. The van der Waals surface area contributed by atoms with Gasteiger partial charge in [-0.15, -0.1) is 0 Å². The molecule has 0 unspecified atom stereocenters. The molecule has 3 heterocycles. The summed E-state index contributed by atoms with van der Waals surface area (Å²) < 4.78 is 4.48. The van der Waals surface area contributed by atoms with E-state index in [4.69, 9.17) is 0 Å². The Hall–Kier alpha value is -3.42. The van der Waals surface area contributed by atoms with E-state index in [1.54, 1.807) is 19.0 Å². The van der Waals surface area contributed by atoms with E-state index in [0.29, 0.717) is 30.2 Å². The second-order valence-corrected chi connectivity index (χ2v) is 7.74. The number of nitrogens with zero attached hydrogens (tertiary/aromatic N) is 6. The molecule has 0 radical (unpaired) electrons. The summed E-state index contributed by atoms with van der Waals surface area (Å²) in [5.74, 6) is 0.561. The fourth-order valence-corrected chi connectivity index (χ4v) is 3.60. The van der Waals surface area contributed by atoms with Crippen LogP contribution in [0.15, 0.2) is 51.1 Å². The summed E-state index contributed by atoms with van der Waals surface area (Å²) in [6, 6.07) is 8.21. The largest absolute Gasteiger partial charge is 0.332 e. The van der Waals surface area contributed by atoms with Crippen molar-refractivity contribution >= 4 is 22.8 Å². The molecule has 4 rings (SSSR count). The highest BCUT2D eigenvalue weighted by Crippen LogP contribution is 2.25. The summed E-state index contributed by atoms with van der Waals surface area (Å²) in [6.07, 6.45) is 0. The van der Waals surface area contributed by atoms with Gasteiger partial charge < -0.3 is 0 Å². The molecule has 0 amide bonds. The molecule has 150 valence electrons. The van der Waals surface area contributed by atoms with Crippen LogP contribution in [0.4, 0.5) is 5.95 Å². The number of aromatic nitrogens is 4. The van der Waals surface area contributed by atoms with E-state index in [-0.39, 0.29) is 12.1 Å². The minimum Gasteiger partial charge on any atom is -0.297 e. The van der Waals surface area contributed by atoms with Crippen LogP contribution in [0.2, 0.25) is 0 Å². The molecule has 1 aliphatic rings. The third-order valence-electron chi connectivity index (χ3n) is 5.00. The molecule has 0 saturated heterocycles. The molecule has 0 N–H and O–H groups in total. The topological polar surface area (TPSA) is 77.4 Å². The van der Waals surface area contributed by atoms with Crippen molar-refractivity contribution in [2.45, 2.75) is 40.4 Å². The zero-order valence-electron chi connectivity index (χ0n) is 17.1. The van der Waals surface area contributed by atoms with Gasteiger partial charge >= 0.3 is 5.69 Å². The number of rotatable bonds is 4. The van der Waals surface area contributed by atoms with Gasteiger partial charge in [0.1, 0.15) is 0 Å². The van der Waals surface area contributed by atoms with Crippen molar-refractivity contribution < 1.29 is 0 Å². The predicted octanol–water partition coefficient (Wildman–Crippen LogP) is 2.18. The van der Waals surface area contributed by atoms with Gasteiger partial charge in [0.05, 0.1) is 25.3 Å². The van der Waals surface area contributed by atoms with Crippen LogP contribution >= 0.6 is 0 Å². The average Bonchev–Trinajstić information content (AvgIpc) is 3.05. The number of hydrazone groups is 1. The van der Waals surface area contributed by atoms with Crippen molar-refractivity contribution in [2.24, 2.45) is 12.1 Å². The molecule has 0 aliphatic carbocycles. The molecule has 0 atom stereocenters. The molecule has 0 spiro atoms. The highest BCUT2D eigenvalue weighted by atomic mass is 16.2. The molecule has 0 saturated carbocycles. The smallest absolute Gasteiger partial charge is 0.297 e. The van der Waals surface area contributed by atoms with Gasteiger partial charge in [0.25, 0.3) is 5.56 Å². The zero-order valence-corrected chi connectivity index (χ0v) is 17.1. The summed E-state index contributed by atoms with van der Waals surface area (Å²) in [5, 5.41) is 6.43. The molecule has 0 bridgehead atoms. The van der Waals surface area contributed by atoms with Crippen molar-refractivity contribution in [3.63, 3.8) is 0 Å². The minimum atomic E-state index is -0.399. The third-order valence-corrected chi connectivity index (χ3v) is 5.00. The Balaban J connectivity index is 1.90. The van der Waals surface area contributed by atoms with Crippen molar-refractivity contribution in [3.05, 3.63) is 68.4 Å². The van der Waals surface area contributed by atoms with Crippen LogP contribution in [0.5, 0.6) is 0 Å². The van der Waals surface area contributed by atoms with Crippen LogP contribution in [0.1, 0.15) is 25.0 Å². The Morgan fingerprint density at radius 1 is 1.17 bits per heavy atom. The number of hydrogen-bond donors (Lipinski definition) is 0. The van der Waals surface area contributed by atoms with Crippen LogP contribution in [0, 0.1) is 6.92 Å². The van der Waals surface area contributed by atoms with E-state index in [0.717, 1.165) is 16.8 Å². The summed E-state index contributed by atoms with van der Waals surface area (Å²) >= 11 is 0. The first-order valence-electron chi connectivity index (χ1n) is 9.48. The maximum Gasteiger partial charge on any atom is 0.332 e. The lowest BCUT2D eigenvalue weighted by Crippen LogP contribution is -2.40. The second kappa shape index (κ2) is 6.88. The Kier molecular flexibility index (Phi) is 4.49. The fourth-order valence-electron chi connectivity index (χ4n) is 3.60. The number of imidazole rings is 1. The highest BCUT2D eigenvalue weighted by molar-refractivity contribution is 5.87. The van der Waals surface area contributed by atoms with E-state index < -0.39 is 5.69 Å². The van der Waals surface area contributed by atoms with Gasteiger partial charge in [-0.3, -0.25) is 18.5 Å². The van der Waals surface area contributed by atoms with Crippen LogP contribution < -0.4 is 16.3 Å². The molecule has 8 heteroatoms. The lowest BCUT2D eigenvalue weighted by Gasteiger charge is -2.25. The van der Waals surface area contributed by atoms with Crippen LogP contribution in [0.3, 0.4) is 0 Å². The lowest BCUT2D eigenvalue weighted by atomic mass is 10.1. The quantitative estimate of drug-likeness (QED) is 0.638. The summed E-state index contributed by atoms with van der Waals surface area (Å²) in [5.41, 5.74) is 3.90. The number of allylic oxidation sites excluding steroid dienone is 1. The number of aryl methyl sites for hydroxylation is 2. The van der Waals surface area contributed by atoms with Gasteiger partial charge in [0.2, 0.25) is 5.95 Å². The Labute approximate surface area is 168 Å². The Bertz CT molecular complexity index is 1270. The molecule has 0 fully saturated rings. The van der Waals surface area contributed by atoms with E-state index in [1.807, 2.05) is 18.4 Å². The van der Waals surface area contributed by atoms with Gasteiger partial charge in [0, 0.05) is 7.05 Å². The summed E-state index contributed by atoms with van der Waals surface area (Å²) in [6.45, 7) is 10.8. The molecule has 3 aromatic rings. The normalized spacial score (nSPS) is 13.5. The third kappa shape index (κ3) is 3.20. The molecule has 1 aromatic carbocycles. The first-order valence-corrected chi connectivity index (χ1v) is 9.48. The van der Waals surface area contributed by atoms with Crippen molar-refractivity contribution in [3.8, 4) is 0 Å². The molecule has 29 heavy (non-hydrogen) atoms. The number of anilines is 1. The van der Waals surface area contributed by atoms with E-state index in [9.17, 15) is 9.59 Å². The van der Waals surface area contributed by atoms with Gasteiger partial charge in [-0.1, -0.05) is 42.0 Å². The standard InChI is InChI=1S/C21H24N6O2/c1-13(2)10-26-19(28)17-18(24(5)21(26)29)22-20-25(17)11-15(4)23-27(20)12-16-8-6-14(3)7-9-16/h6-9H,1,10-12H2,2-5H3. The highest BCUT2D eigenvalue weighted by Gasteiger charge is 2.26. The lowest BCUT2D eigenvalue weighted by molar-refractivity contribution is 0.648. The number of hydrogen-bond acceptors (Lipinski definition) is 5. The van der Waals surface area contributed by atoms with Crippen LogP contribution in [-0.2, 0) is 26.7 Å².